The van der Waals surface area contributed by atoms with E-state index in [9.17, 15) is 0 Å². The highest BCUT2D eigenvalue weighted by atomic mass is 35.5. The molecule has 0 saturated carbocycles. The highest BCUT2D eigenvalue weighted by molar-refractivity contribution is 6.30. The van der Waals surface area contributed by atoms with Crippen molar-refractivity contribution >= 4 is 17.5 Å². The fourth-order valence-electron chi connectivity index (χ4n) is 1.64. The molecular weight excluding hydrogens is 240 g/mol. The van der Waals surface area contributed by atoms with E-state index >= 15 is 0 Å². The Morgan fingerprint density at radius 1 is 1.35 bits per heavy atom. The van der Waals surface area contributed by atoms with E-state index in [1.807, 2.05) is 23.7 Å². The monoisotopic (exact) mass is 252 g/mol. The van der Waals surface area contributed by atoms with Gasteiger partial charge in [-0.05, 0) is 18.2 Å². The number of benzene rings is 1. The van der Waals surface area contributed by atoms with Crippen LogP contribution in [-0.4, -0.2) is 28.9 Å². The Bertz CT molecular complexity index is 538. The number of aromatic nitrogens is 3. The molecule has 0 unspecified atom stereocenters. The van der Waals surface area contributed by atoms with Gasteiger partial charge in [0.1, 0.15) is 5.75 Å². The van der Waals surface area contributed by atoms with Crippen LogP contribution in [0.4, 0.5) is 5.95 Å². The average molecular weight is 253 g/mol. The molecule has 2 rings (SSSR count). The van der Waals surface area contributed by atoms with E-state index in [0.29, 0.717) is 22.5 Å². The third-order valence-electron chi connectivity index (χ3n) is 2.50. The summed E-state index contributed by atoms with van der Waals surface area (Å²) in [5, 5.41) is 11.7. The van der Waals surface area contributed by atoms with E-state index in [1.54, 1.807) is 20.2 Å². The van der Waals surface area contributed by atoms with Crippen LogP contribution in [0.1, 0.15) is 0 Å². The van der Waals surface area contributed by atoms with E-state index in [2.05, 4.69) is 15.5 Å². The number of hydrogen-bond donors (Lipinski definition) is 1. The summed E-state index contributed by atoms with van der Waals surface area (Å²) in [5.74, 6) is 2.10. The van der Waals surface area contributed by atoms with Gasteiger partial charge in [-0.3, -0.25) is 4.57 Å². The lowest BCUT2D eigenvalue weighted by Crippen LogP contribution is -2.00. The number of halogens is 1. The molecular formula is C11H13ClN4O. The van der Waals surface area contributed by atoms with E-state index in [1.165, 1.54) is 0 Å². The molecule has 0 aliphatic rings. The van der Waals surface area contributed by atoms with Crippen molar-refractivity contribution in [2.45, 2.75) is 0 Å². The minimum absolute atomic E-state index is 0.634. The molecule has 0 spiro atoms. The van der Waals surface area contributed by atoms with Crippen molar-refractivity contribution in [1.29, 1.82) is 0 Å². The Morgan fingerprint density at radius 2 is 2.12 bits per heavy atom. The van der Waals surface area contributed by atoms with Gasteiger partial charge in [-0.15, -0.1) is 10.2 Å². The summed E-state index contributed by atoms with van der Waals surface area (Å²) in [6.07, 6.45) is 0. The van der Waals surface area contributed by atoms with Crippen molar-refractivity contribution in [1.82, 2.24) is 14.8 Å². The van der Waals surface area contributed by atoms with Gasteiger partial charge < -0.3 is 10.1 Å². The lowest BCUT2D eigenvalue weighted by molar-refractivity contribution is 0.416. The maximum atomic E-state index is 5.99. The summed E-state index contributed by atoms with van der Waals surface area (Å²) in [5.41, 5.74) is 0.816. The van der Waals surface area contributed by atoms with Crippen LogP contribution in [0.3, 0.4) is 0 Å². The first-order chi connectivity index (χ1) is 8.17. The Kier molecular flexibility index (Phi) is 3.19. The Morgan fingerprint density at radius 3 is 2.71 bits per heavy atom. The molecule has 0 saturated heterocycles. The number of nitrogens with zero attached hydrogens (tertiary/aromatic N) is 3. The molecule has 1 aromatic heterocycles. The summed E-state index contributed by atoms with van der Waals surface area (Å²) in [7, 11) is 5.28. The summed E-state index contributed by atoms with van der Waals surface area (Å²) in [6, 6.07) is 5.40. The molecule has 1 heterocycles. The second-order valence-corrected chi connectivity index (χ2v) is 3.94. The molecule has 0 aliphatic heterocycles. The predicted molar refractivity (Wildman–Crippen MR) is 67.5 cm³/mol. The van der Waals surface area contributed by atoms with Crippen molar-refractivity contribution in [3.05, 3.63) is 23.2 Å². The minimum Gasteiger partial charge on any atom is -0.496 e. The third kappa shape index (κ3) is 2.06. The van der Waals surface area contributed by atoms with Gasteiger partial charge in [0.05, 0.1) is 12.7 Å². The number of hydrogen-bond acceptors (Lipinski definition) is 4. The number of methoxy groups -OCH3 is 1. The van der Waals surface area contributed by atoms with Crippen LogP contribution in [0, 0.1) is 0 Å². The Balaban J connectivity index is 2.58. The molecule has 1 N–H and O–H groups in total. The summed E-state index contributed by atoms with van der Waals surface area (Å²) in [6.45, 7) is 0. The summed E-state index contributed by atoms with van der Waals surface area (Å²) < 4.78 is 7.13. The van der Waals surface area contributed by atoms with Gasteiger partial charge in [-0.2, -0.15) is 0 Å². The molecule has 0 bridgehead atoms. The topological polar surface area (TPSA) is 52.0 Å². The zero-order valence-corrected chi connectivity index (χ0v) is 10.6. The first-order valence-corrected chi connectivity index (χ1v) is 5.46. The van der Waals surface area contributed by atoms with Gasteiger partial charge in [0, 0.05) is 19.1 Å². The molecule has 0 radical (unpaired) electrons. The number of anilines is 1. The first-order valence-electron chi connectivity index (χ1n) is 5.08. The van der Waals surface area contributed by atoms with Crippen molar-refractivity contribution in [2.24, 2.45) is 7.05 Å². The van der Waals surface area contributed by atoms with E-state index in [-0.39, 0.29) is 0 Å². The van der Waals surface area contributed by atoms with E-state index in [0.717, 1.165) is 5.56 Å². The lowest BCUT2D eigenvalue weighted by atomic mass is 10.2. The van der Waals surface area contributed by atoms with Crippen LogP contribution in [-0.2, 0) is 7.05 Å². The first kappa shape index (κ1) is 11.7. The largest absolute Gasteiger partial charge is 0.496 e. The van der Waals surface area contributed by atoms with Crippen LogP contribution in [0.15, 0.2) is 18.2 Å². The van der Waals surface area contributed by atoms with Crippen LogP contribution < -0.4 is 10.1 Å². The van der Waals surface area contributed by atoms with Crippen molar-refractivity contribution in [2.75, 3.05) is 19.5 Å². The van der Waals surface area contributed by atoms with Gasteiger partial charge in [0.25, 0.3) is 0 Å². The minimum atomic E-state index is 0.634. The van der Waals surface area contributed by atoms with Crippen molar-refractivity contribution in [3.8, 4) is 17.1 Å². The molecule has 0 amide bonds. The maximum Gasteiger partial charge on any atom is 0.224 e. The average Bonchev–Trinajstić information content (AvgIpc) is 2.70. The Hall–Kier alpha value is -1.75. The second kappa shape index (κ2) is 4.63. The SMILES string of the molecule is CNc1nnc(-c2cc(Cl)ccc2OC)n1C. The van der Waals surface area contributed by atoms with Crippen LogP contribution in [0.25, 0.3) is 11.4 Å². The van der Waals surface area contributed by atoms with Crippen LogP contribution in [0.2, 0.25) is 5.02 Å². The molecule has 5 nitrogen and oxygen atoms in total. The second-order valence-electron chi connectivity index (χ2n) is 3.50. The lowest BCUT2D eigenvalue weighted by Gasteiger charge is -2.08. The zero-order chi connectivity index (χ0) is 12.4. The van der Waals surface area contributed by atoms with Gasteiger partial charge in [0.2, 0.25) is 5.95 Å². The highest BCUT2D eigenvalue weighted by Crippen LogP contribution is 2.31. The van der Waals surface area contributed by atoms with Gasteiger partial charge in [-0.25, -0.2) is 0 Å². The smallest absolute Gasteiger partial charge is 0.224 e. The molecule has 1 aromatic carbocycles. The fourth-order valence-corrected chi connectivity index (χ4v) is 1.81. The number of nitrogens with one attached hydrogen (secondary N) is 1. The normalized spacial score (nSPS) is 10.4. The predicted octanol–water partition coefficient (Wildman–Crippen LogP) is 2.19. The molecule has 6 heteroatoms. The highest BCUT2D eigenvalue weighted by Gasteiger charge is 2.14. The van der Waals surface area contributed by atoms with E-state index in [4.69, 9.17) is 16.3 Å². The standard InChI is InChI=1S/C11H13ClN4O/c1-13-11-15-14-10(16(11)2)8-6-7(12)4-5-9(8)17-3/h4-6H,1-3H3,(H,13,15). The van der Waals surface area contributed by atoms with Crippen molar-refractivity contribution < 1.29 is 4.74 Å². The summed E-state index contributed by atoms with van der Waals surface area (Å²) in [4.78, 5) is 0. The van der Waals surface area contributed by atoms with Gasteiger partial charge in [0.15, 0.2) is 5.82 Å². The molecule has 90 valence electrons. The Labute approximate surface area is 104 Å². The fraction of sp³-hybridized carbons (Fsp3) is 0.273. The van der Waals surface area contributed by atoms with Crippen LogP contribution in [0.5, 0.6) is 5.75 Å². The molecule has 17 heavy (non-hydrogen) atoms. The molecule has 0 fully saturated rings. The van der Waals surface area contributed by atoms with Gasteiger partial charge in [-0.1, -0.05) is 11.6 Å². The molecule has 0 atom stereocenters. The zero-order valence-electron chi connectivity index (χ0n) is 9.86. The van der Waals surface area contributed by atoms with Crippen molar-refractivity contribution in [3.63, 3.8) is 0 Å². The number of ether oxygens (including phenoxy) is 1. The quantitative estimate of drug-likeness (QED) is 0.910. The maximum absolute atomic E-state index is 5.99. The third-order valence-corrected chi connectivity index (χ3v) is 2.74. The molecule has 2 aromatic rings. The van der Waals surface area contributed by atoms with Crippen LogP contribution >= 0.6 is 11.6 Å². The van der Waals surface area contributed by atoms with E-state index < -0.39 is 0 Å². The number of rotatable bonds is 3. The van der Waals surface area contributed by atoms with Gasteiger partial charge >= 0.3 is 0 Å². The molecule has 0 aliphatic carbocycles. The summed E-state index contributed by atoms with van der Waals surface area (Å²) >= 11 is 5.99.